The molecule has 2 atom stereocenters. The standard InChI is InChI=1S/C7H11FO/c1-3-7(8)4-6(7,2)5-9/h3,9H,1,4-5H2,2H3/t6-,7-/m1/s1. The summed E-state index contributed by atoms with van der Waals surface area (Å²) in [5.74, 6) is 0. The third-order valence-corrected chi connectivity index (χ3v) is 2.20. The van der Waals surface area contributed by atoms with Crippen molar-refractivity contribution >= 4 is 0 Å². The van der Waals surface area contributed by atoms with Gasteiger partial charge in [-0.3, -0.25) is 0 Å². The fraction of sp³-hybridized carbons (Fsp3) is 0.714. The zero-order valence-corrected chi connectivity index (χ0v) is 5.52. The van der Waals surface area contributed by atoms with Crippen LogP contribution in [0.4, 0.5) is 4.39 Å². The van der Waals surface area contributed by atoms with Gasteiger partial charge in [-0.05, 0) is 6.42 Å². The SMILES string of the molecule is C=C[C@@]1(F)C[C@]1(C)CO. The highest BCUT2D eigenvalue weighted by Gasteiger charge is 2.63. The van der Waals surface area contributed by atoms with Gasteiger partial charge in [0.1, 0.15) is 5.67 Å². The van der Waals surface area contributed by atoms with Crippen LogP contribution < -0.4 is 0 Å². The molecule has 0 unspecified atom stereocenters. The molecule has 0 radical (unpaired) electrons. The average Bonchev–Trinajstić information content (AvgIpc) is 2.39. The van der Waals surface area contributed by atoms with Crippen molar-refractivity contribution in [2.24, 2.45) is 5.41 Å². The molecule has 1 fully saturated rings. The molecule has 2 heteroatoms. The Labute approximate surface area is 54.2 Å². The van der Waals surface area contributed by atoms with Crippen molar-refractivity contribution in [3.63, 3.8) is 0 Å². The highest BCUT2D eigenvalue weighted by atomic mass is 19.1. The molecular weight excluding hydrogens is 119 g/mol. The maximum atomic E-state index is 13.0. The molecule has 0 aromatic carbocycles. The first kappa shape index (κ1) is 6.75. The maximum Gasteiger partial charge on any atom is 0.137 e. The van der Waals surface area contributed by atoms with Crippen molar-refractivity contribution in [2.45, 2.75) is 19.0 Å². The molecule has 0 aromatic heterocycles. The Bertz CT molecular complexity index is 146. The van der Waals surface area contributed by atoms with Gasteiger partial charge in [0.05, 0.1) is 6.61 Å². The minimum absolute atomic E-state index is 0.0878. The van der Waals surface area contributed by atoms with Gasteiger partial charge in [0.25, 0.3) is 0 Å². The summed E-state index contributed by atoms with van der Waals surface area (Å²) in [5, 5.41) is 8.64. The van der Waals surface area contributed by atoms with E-state index in [0.717, 1.165) is 0 Å². The lowest BCUT2D eigenvalue weighted by Gasteiger charge is -2.06. The molecule has 0 heterocycles. The Morgan fingerprint density at radius 1 is 1.89 bits per heavy atom. The lowest BCUT2D eigenvalue weighted by Crippen LogP contribution is -2.12. The second kappa shape index (κ2) is 1.57. The predicted octanol–water partition coefficient (Wildman–Crippen LogP) is 1.28. The number of alkyl halides is 1. The summed E-state index contributed by atoms with van der Waals surface area (Å²) >= 11 is 0. The molecule has 1 aliphatic rings. The fourth-order valence-electron chi connectivity index (χ4n) is 1.03. The van der Waals surface area contributed by atoms with E-state index >= 15 is 0 Å². The number of allylic oxidation sites excluding steroid dienone is 1. The molecule has 0 amide bonds. The molecular formula is C7H11FO. The van der Waals surface area contributed by atoms with E-state index in [1.807, 2.05) is 0 Å². The van der Waals surface area contributed by atoms with E-state index in [4.69, 9.17) is 5.11 Å². The average molecular weight is 130 g/mol. The summed E-state index contributed by atoms with van der Waals surface area (Å²) in [5.41, 5.74) is -1.82. The minimum atomic E-state index is -1.29. The summed E-state index contributed by atoms with van der Waals surface area (Å²) in [4.78, 5) is 0. The van der Waals surface area contributed by atoms with Crippen LogP contribution in [0, 0.1) is 5.41 Å². The molecule has 0 aromatic rings. The lowest BCUT2D eigenvalue weighted by molar-refractivity contribution is 0.175. The number of aliphatic hydroxyl groups is 1. The number of halogens is 1. The van der Waals surface area contributed by atoms with Crippen LogP contribution in [0.3, 0.4) is 0 Å². The van der Waals surface area contributed by atoms with Crippen LogP contribution in [0.15, 0.2) is 12.7 Å². The van der Waals surface area contributed by atoms with Gasteiger partial charge in [-0.25, -0.2) is 4.39 Å². The Hall–Kier alpha value is -0.370. The molecule has 1 rings (SSSR count). The first-order valence-electron chi connectivity index (χ1n) is 3.01. The number of rotatable bonds is 2. The fourth-order valence-corrected chi connectivity index (χ4v) is 1.03. The van der Waals surface area contributed by atoms with Crippen molar-refractivity contribution < 1.29 is 9.50 Å². The van der Waals surface area contributed by atoms with Crippen LogP contribution in [-0.4, -0.2) is 17.4 Å². The van der Waals surface area contributed by atoms with Crippen LogP contribution >= 0.6 is 0 Å². The Kier molecular flexibility index (Phi) is 1.17. The lowest BCUT2D eigenvalue weighted by atomic mass is 10.1. The third-order valence-electron chi connectivity index (χ3n) is 2.20. The van der Waals surface area contributed by atoms with Gasteiger partial charge < -0.3 is 5.11 Å². The van der Waals surface area contributed by atoms with Crippen molar-refractivity contribution in [1.82, 2.24) is 0 Å². The van der Waals surface area contributed by atoms with Crippen LogP contribution in [0.5, 0.6) is 0 Å². The van der Waals surface area contributed by atoms with Gasteiger partial charge in [-0.1, -0.05) is 19.6 Å². The molecule has 52 valence electrons. The molecule has 0 aliphatic heterocycles. The van der Waals surface area contributed by atoms with Gasteiger partial charge in [-0.15, -0.1) is 0 Å². The monoisotopic (exact) mass is 130 g/mol. The molecule has 9 heavy (non-hydrogen) atoms. The van der Waals surface area contributed by atoms with Crippen molar-refractivity contribution in [3.05, 3.63) is 12.7 Å². The van der Waals surface area contributed by atoms with Crippen LogP contribution in [-0.2, 0) is 0 Å². The summed E-state index contributed by atoms with van der Waals surface area (Å²) in [6.07, 6.45) is 1.70. The Balaban J connectivity index is 2.64. The Morgan fingerprint density at radius 2 is 2.44 bits per heavy atom. The second-order valence-corrected chi connectivity index (χ2v) is 2.96. The zero-order chi connectivity index (χ0) is 7.12. The van der Waals surface area contributed by atoms with E-state index in [2.05, 4.69) is 6.58 Å². The van der Waals surface area contributed by atoms with Crippen LogP contribution in [0.2, 0.25) is 0 Å². The summed E-state index contributed by atoms with van der Waals surface area (Å²) in [6.45, 7) is 4.98. The quantitative estimate of drug-likeness (QED) is 0.558. The smallest absolute Gasteiger partial charge is 0.137 e. The Morgan fingerprint density at radius 3 is 2.56 bits per heavy atom. The summed E-state index contributed by atoms with van der Waals surface area (Å²) < 4.78 is 13.0. The van der Waals surface area contributed by atoms with Gasteiger partial charge in [0, 0.05) is 5.41 Å². The van der Waals surface area contributed by atoms with E-state index in [1.54, 1.807) is 6.92 Å². The summed E-state index contributed by atoms with van der Waals surface area (Å²) in [6, 6.07) is 0. The number of aliphatic hydroxyl groups excluding tert-OH is 1. The minimum Gasteiger partial charge on any atom is -0.396 e. The van der Waals surface area contributed by atoms with E-state index in [9.17, 15) is 4.39 Å². The van der Waals surface area contributed by atoms with Gasteiger partial charge in [-0.2, -0.15) is 0 Å². The third kappa shape index (κ3) is 0.697. The van der Waals surface area contributed by atoms with Crippen molar-refractivity contribution in [1.29, 1.82) is 0 Å². The normalized spacial score (nSPS) is 48.8. The van der Waals surface area contributed by atoms with Crippen molar-refractivity contribution in [2.75, 3.05) is 6.61 Å². The van der Waals surface area contributed by atoms with Gasteiger partial charge in [0.2, 0.25) is 0 Å². The van der Waals surface area contributed by atoms with Gasteiger partial charge >= 0.3 is 0 Å². The van der Waals surface area contributed by atoms with E-state index in [0.29, 0.717) is 6.42 Å². The van der Waals surface area contributed by atoms with Crippen LogP contribution in [0.1, 0.15) is 13.3 Å². The van der Waals surface area contributed by atoms with E-state index in [-0.39, 0.29) is 6.61 Å². The zero-order valence-electron chi connectivity index (χ0n) is 5.52. The van der Waals surface area contributed by atoms with Crippen LogP contribution in [0.25, 0.3) is 0 Å². The van der Waals surface area contributed by atoms with Gasteiger partial charge in [0.15, 0.2) is 0 Å². The predicted molar refractivity (Wildman–Crippen MR) is 33.8 cm³/mol. The van der Waals surface area contributed by atoms with E-state index < -0.39 is 11.1 Å². The molecule has 0 saturated heterocycles. The molecule has 1 nitrogen and oxygen atoms in total. The number of hydrogen-bond donors (Lipinski definition) is 1. The highest BCUT2D eigenvalue weighted by Crippen LogP contribution is 2.59. The molecule has 0 bridgehead atoms. The molecule has 1 aliphatic carbocycles. The highest BCUT2D eigenvalue weighted by molar-refractivity contribution is 5.22. The molecule has 0 spiro atoms. The maximum absolute atomic E-state index is 13.0. The second-order valence-electron chi connectivity index (χ2n) is 2.96. The van der Waals surface area contributed by atoms with E-state index in [1.165, 1.54) is 6.08 Å². The number of hydrogen-bond acceptors (Lipinski definition) is 1. The molecule has 1 N–H and O–H groups in total. The summed E-state index contributed by atoms with van der Waals surface area (Å²) in [7, 11) is 0. The first-order chi connectivity index (χ1) is 4.08. The van der Waals surface area contributed by atoms with Crippen molar-refractivity contribution in [3.8, 4) is 0 Å². The topological polar surface area (TPSA) is 20.2 Å². The largest absolute Gasteiger partial charge is 0.396 e. The first-order valence-corrected chi connectivity index (χ1v) is 3.01. The molecule has 1 saturated carbocycles.